The Hall–Kier alpha value is -2.95. The Balaban J connectivity index is 1.99. The van der Waals surface area contributed by atoms with Crippen molar-refractivity contribution in [3.05, 3.63) is 60.6 Å². The molecule has 0 aliphatic carbocycles. The number of hydrogen-bond donors (Lipinski definition) is 2. The number of nitrogens with one attached hydrogen (secondary N) is 1. The van der Waals surface area contributed by atoms with Crippen LogP contribution in [0.2, 0.25) is 0 Å². The van der Waals surface area contributed by atoms with Gasteiger partial charge in [-0.1, -0.05) is 18.2 Å². The van der Waals surface area contributed by atoms with E-state index >= 15 is 0 Å². The van der Waals surface area contributed by atoms with Gasteiger partial charge in [0.15, 0.2) is 0 Å². The smallest absolute Gasteiger partial charge is 0.252 e. The number of benzene rings is 1. The Morgan fingerprint density at radius 3 is 2.85 bits per heavy atom. The summed E-state index contributed by atoms with van der Waals surface area (Å²) in [5.41, 5.74) is 8.00. The molecule has 0 unspecified atom stereocenters. The second-order valence-corrected chi connectivity index (χ2v) is 4.33. The van der Waals surface area contributed by atoms with Gasteiger partial charge in [0.25, 0.3) is 5.91 Å². The lowest BCUT2D eigenvalue weighted by Gasteiger charge is -2.09. The molecule has 1 amide bonds. The summed E-state index contributed by atoms with van der Waals surface area (Å²) in [6, 6.07) is 11.5. The van der Waals surface area contributed by atoms with Gasteiger partial charge in [-0.05, 0) is 18.2 Å². The number of fused-ring (bicyclic) bond motifs is 1. The molecule has 2 aromatic heterocycles. The third-order valence-corrected chi connectivity index (χ3v) is 2.96. The molecule has 3 N–H and O–H groups in total. The Bertz CT molecular complexity index is 785. The number of hydrogen-bond acceptors (Lipinski definition) is 4. The van der Waals surface area contributed by atoms with Crippen LogP contribution in [0.3, 0.4) is 0 Å². The van der Waals surface area contributed by atoms with E-state index in [9.17, 15) is 4.79 Å². The van der Waals surface area contributed by atoms with Crippen molar-refractivity contribution in [3.8, 4) is 0 Å². The van der Waals surface area contributed by atoms with Gasteiger partial charge in [0.1, 0.15) is 0 Å². The zero-order valence-corrected chi connectivity index (χ0v) is 10.6. The lowest BCUT2D eigenvalue weighted by molar-refractivity contribution is 0.100. The van der Waals surface area contributed by atoms with E-state index in [1.165, 1.54) is 6.20 Å². The van der Waals surface area contributed by atoms with Crippen LogP contribution in [0.25, 0.3) is 10.9 Å². The van der Waals surface area contributed by atoms with Crippen LogP contribution in [0, 0.1) is 0 Å². The van der Waals surface area contributed by atoms with Crippen molar-refractivity contribution in [2.45, 2.75) is 0 Å². The second-order valence-electron chi connectivity index (χ2n) is 4.33. The highest BCUT2D eigenvalue weighted by molar-refractivity contribution is 5.99. The molecular weight excluding hydrogens is 252 g/mol. The molecule has 20 heavy (non-hydrogen) atoms. The van der Waals surface area contributed by atoms with Crippen LogP contribution in [0.15, 0.2) is 55.0 Å². The highest BCUT2D eigenvalue weighted by Gasteiger charge is 2.08. The van der Waals surface area contributed by atoms with Crippen LogP contribution in [-0.2, 0) is 0 Å². The number of rotatable bonds is 3. The van der Waals surface area contributed by atoms with E-state index in [0.29, 0.717) is 11.3 Å². The van der Waals surface area contributed by atoms with E-state index in [1.807, 2.05) is 30.3 Å². The van der Waals surface area contributed by atoms with Gasteiger partial charge in [0.05, 0.1) is 28.7 Å². The van der Waals surface area contributed by atoms with Crippen LogP contribution in [-0.4, -0.2) is 15.9 Å². The van der Waals surface area contributed by atoms with Gasteiger partial charge < -0.3 is 11.1 Å². The molecule has 0 bridgehead atoms. The van der Waals surface area contributed by atoms with Crippen molar-refractivity contribution >= 4 is 28.2 Å². The van der Waals surface area contributed by atoms with Crippen molar-refractivity contribution in [1.29, 1.82) is 0 Å². The summed E-state index contributed by atoms with van der Waals surface area (Å²) in [5.74, 6) is -0.519. The number of aromatic nitrogens is 2. The molecule has 1 aromatic carbocycles. The van der Waals surface area contributed by atoms with Gasteiger partial charge in [-0.2, -0.15) is 0 Å². The summed E-state index contributed by atoms with van der Waals surface area (Å²) < 4.78 is 0. The van der Waals surface area contributed by atoms with Crippen LogP contribution in [0.5, 0.6) is 0 Å². The molecule has 0 atom stereocenters. The molecule has 5 heteroatoms. The van der Waals surface area contributed by atoms with E-state index in [1.54, 1.807) is 18.5 Å². The molecule has 3 aromatic rings. The van der Waals surface area contributed by atoms with Crippen molar-refractivity contribution in [2.75, 3.05) is 5.32 Å². The average Bonchev–Trinajstić information content (AvgIpc) is 2.47. The van der Waals surface area contributed by atoms with Gasteiger partial charge in [-0.25, -0.2) is 0 Å². The van der Waals surface area contributed by atoms with Gasteiger partial charge in [-0.15, -0.1) is 0 Å². The predicted molar refractivity (Wildman–Crippen MR) is 77.8 cm³/mol. The quantitative estimate of drug-likeness (QED) is 0.761. The van der Waals surface area contributed by atoms with E-state index in [0.717, 1.165) is 16.6 Å². The fraction of sp³-hybridized carbons (Fsp3) is 0. The topological polar surface area (TPSA) is 80.9 Å². The summed E-state index contributed by atoms with van der Waals surface area (Å²) >= 11 is 0. The van der Waals surface area contributed by atoms with Crippen molar-refractivity contribution in [2.24, 2.45) is 5.73 Å². The molecule has 5 nitrogen and oxygen atoms in total. The van der Waals surface area contributed by atoms with Crippen LogP contribution in [0.1, 0.15) is 10.4 Å². The van der Waals surface area contributed by atoms with Crippen LogP contribution >= 0.6 is 0 Å². The highest BCUT2D eigenvalue weighted by Crippen LogP contribution is 2.22. The molecule has 0 fully saturated rings. The third kappa shape index (κ3) is 2.29. The van der Waals surface area contributed by atoms with Gasteiger partial charge in [-0.3, -0.25) is 14.8 Å². The van der Waals surface area contributed by atoms with Gasteiger partial charge in [0.2, 0.25) is 0 Å². The normalized spacial score (nSPS) is 10.4. The second kappa shape index (κ2) is 4.97. The maximum Gasteiger partial charge on any atom is 0.252 e. The Morgan fingerprint density at radius 2 is 2.00 bits per heavy atom. The molecule has 0 saturated carbocycles. The molecular formula is C15H12N4O. The first-order valence-electron chi connectivity index (χ1n) is 6.10. The van der Waals surface area contributed by atoms with Crippen molar-refractivity contribution < 1.29 is 4.79 Å². The van der Waals surface area contributed by atoms with E-state index in [-0.39, 0.29) is 0 Å². The highest BCUT2D eigenvalue weighted by atomic mass is 16.1. The Kier molecular flexibility index (Phi) is 3.01. The number of primary amides is 1. The monoisotopic (exact) mass is 264 g/mol. The number of pyridine rings is 2. The minimum Gasteiger partial charge on any atom is -0.365 e. The SMILES string of the molecule is NC(=O)c1cnccc1Nc1cnc2ccccc2c1. The van der Waals surface area contributed by atoms with E-state index in [4.69, 9.17) is 5.73 Å². The number of nitrogens with zero attached hydrogens (tertiary/aromatic N) is 2. The number of amides is 1. The minimum atomic E-state index is -0.519. The van der Waals surface area contributed by atoms with Gasteiger partial charge in [0, 0.05) is 17.8 Å². The standard InChI is InChI=1S/C15H12N4O/c16-15(20)12-9-17-6-5-14(12)19-11-7-10-3-1-2-4-13(10)18-8-11/h1-9H,(H2,16,20)(H,17,19). The maximum absolute atomic E-state index is 11.4. The fourth-order valence-electron chi connectivity index (χ4n) is 1.99. The van der Waals surface area contributed by atoms with E-state index in [2.05, 4.69) is 15.3 Å². The van der Waals surface area contributed by atoms with E-state index < -0.39 is 5.91 Å². The number of carbonyl (C=O) groups is 1. The molecule has 2 heterocycles. The molecule has 0 radical (unpaired) electrons. The predicted octanol–water partition coefficient (Wildman–Crippen LogP) is 2.47. The molecule has 0 spiro atoms. The number of nitrogens with two attached hydrogens (primary N) is 1. The summed E-state index contributed by atoms with van der Waals surface area (Å²) in [6.07, 6.45) is 4.76. The summed E-state index contributed by atoms with van der Waals surface area (Å²) in [4.78, 5) is 19.6. The first kappa shape index (κ1) is 12.1. The van der Waals surface area contributed by atoms with Gasteiger partial charge >= 0.3 is 0 Å². The fourth-order valence-corrected chi connectivity index (χ4v) is 1.99. The first-order chi connectivity index (χ1) is 9.74. The first-order valence-corrected chi connectivity index (χ1v) is 6.10. The molecule has 0 aliphatic rings. The minimum absolute atomic E-state index is 0.348. The van der Waals surface area contributed by atoms with Crippen LogP contribution in [0.4, 0.5) is 11.4 Å². The number of carbonyl (C=O) groups excluding carboxylic acids is 1. The molecule has 98 valence electrons. The zero-order valence-electron chi connectivity index (χ0n) is 10.6. The summed E-state index contributed by atoms with van der Waals surface area (Å²) in [5, 5.41) is 4.16. The Labute approximate surface area is 115 Å². The summed E-state index contributed by atoms with van der Waals surface area (Å²) in [7, 11) is 0. The third-order valence-electron chi connectivity index (χ3n) is 2.96. The number of anilines is 2. The lowest BCUT2D eigenvalue weighted by Crippen LogP contribution is -2.13. The molecule has 3 rings (SSSR count). The zero-order chi connectivity index (χ0) is 13.9. The lowest BCUT2D eigenvalue weighted by atomic mass is 10.2. The average molecular weight is 264 g/mol. The Morgan fingerprint density at radius 1 is 1.15 bits per heavy atom. The summed E-state index contributed by atoms with van der Waals surface area (Å²) in [6.45, 7) is 0. The number of para-hydroxylation sites is 1. The molecule has 0 aliphatic heterocycles. The van der Waals surface area contributed by atoms with Crippen LogP contribution < -0.4 is 11.1 Å². The maximum atomic E-state index is 11.4. The molecule has 0 saturated heterocycles. The van der Waals surface area contributed by atoms with Crippen molar-refractivity contribution in [3.63, 3.8) is 0 Å². The largest absolute Gasteiger partial charge is 0.365 e. The van der Waals surface area contributed by atoms with Crippen molar-refractivity contribution in [1.82, 2.24) is 9.97 Å².